The van der Waals surface area contributed by atoms with E-state index in [9.17, 15) is 13.2 Å². The number of pyridine rings is 1. The van der Waals surface area contributed by atoms with Gasteiger partial charge in [-0.15, -0.1) is 0 Å². The Hall–Kier alpha value is -1.67. The van der Waals surface area contributed by atoms with E-state index in [0.717, 1.165) is 0 Å². The smallest absolute Gasteiger partial charge is 0.323 e. The van der Waals surface area contributed by atoms with Crippen molar-refractivity contribution in [3.8, 4) is 0 Å². The second kappa shape index (κ2) is 6.45. The van der Waals surface area contributed by atoms with E-state index in [1.807, 2.05) is 12.1 Å². The molecular weight excluding hydrogens is 316 g/mol. The first-order valence-corrected chi connectivity index (χ1v) is 9.48. The summed E-state index contributed by atoms with van der Waals surface area (Å²) in [6.45, 7) is 0.861. The van der Waals surface area contributed by atoms with Crippen molar-refractivity contribution in [3.63, 3.8) is 0 Å². The number of carbonyl (C=O) groups is 1. The number of piperidine rings is 1. The van der Waals surface area contributed by atoms with Crippen LogP contribution in [0.5, 0.6) is 0 Å². The molecular formula is C15H22N4O3S. The van der Waals surface area contributed by atoms with Crippen molar-refractivity contribution in [1.82, 2.24) is 14.6 Å². The van der Waals surface area contributed by atoms with E-state index >= 15 is 0 Å². The highest BCUT2D eigenvalue weighted by Crippen LogP contribution is 2.40. The van der Waals surface area contributed by atoms with E-state index < -0.39 is 15.3 Å². The number of likely N-dealkylation sites (tertiary alicyclic amines) is 1. The van der Waals surface area contributed by atoms with Crippen molar-refractivity contribution in [2.75, 3.05) is 25.5 Å². The topological polar surface area (TPSA) is 91.4 Å². The third-order valence-electron chi connectivity index (χ3n) is 4.52. The Labute approximate surface area is 136 Å². The number of amides is 2. The molecule has 3 rings (SSSR count). The Morgan fingerprint density at radius 1 is 1.26 bits per heavy atom. The standard InChI is InChI=1S/C15H22N4O3S/c1-16-23(21,22)13-5-8-19(9-6-13)15(20)18-14-10-12(4-7-17-14)11-2-3-11/h4,7,10-11,13,16H,2-3,5-6,8-9H2,1H3,(H,17,18,20). The van der Waals surface area contributed by atoms with Gasteiger partial charge >= 0.3 is 6.03 Å². The van der Waals surface area contributed by atoms with Crippen LogP contribution in [0, 0.1) is 0 Å². The largest absolute Gasteiger partial charge is 0.324 e. The second-order valence-corrected chi connectivity index (χ2v) is 8.28. The average molecular weight is 338 g/mol. The lowest BCUT2D eigenvalue weighted by Crippen LogP contribution is -2.46. The third-order valence-corrected chi connectivity index (χ3v) is 6.44. The highest BCUT2D eigenvalue weighted by Gasteiger charge is 2.31. The maximum Gasteiger partial charge on any atom is 0.323 e. The number of nitrogens with zero attached hydrogens (tertiary/aromatic N) is 2. The minimum absolute atomic E-state index is 0.217. The first-order chi connectivity index (χ1) is 11.0. The van der Waals surface area contributed by atoms with Gasteiger partial charge < -0.3 is 4.90 Å². The summed E-state index contributed by atoms with van der Waals surface area (Å²) in [6, 6.07) is 3.70. The molecule has 0 bridgehead atoms. The quantitative estimate of drug-likeness (QED) is 0.870. The summed E-state index contributed by atoms with van der Waals surface area (Å²) in [7, 11) is -1.83. The first kappa shape index (κ1) is 16.2. The molecule has 2 aliphatic rings. The number of anilines is 1. The SMILES string of the molecule is CNS(=O)(=O)C1CCN(C(=O)Nc2cc(C3CC3)ccn2)CC1. The normalized spacial score (nSPS) is 19.6. The van der Waals surface area contributed by atoms with Gasteiger partial charge in [0.1, 0.15) is 5.82 Å². The van der Waals surface area contributed by atoms with Crippen molar-refractivity contribution < 1.29 is 13.2 Å². The number of aromatic nitrogens is 1. The van der Waals surface area contributed by atoms with Gasteiger partial charge in [-0.2, -0.15) is 0 Å². The predicted molar refractivity (Wildman–Crippen MR) is 87.8 cm³/mol. The molecule has 2 fully saturated rings. The maximum absolute atomic E-state index is 12.3. The van der Waals surface area contributed by atoms with Gasteiger partial charge in [-0.25, -0.2) is 22.9 Å². The van der Waals surface area contributed by atoms with Crippen LogP contribution in [0.4, 0.5) is 10.6 Å². The molecule has 2 amide bonds. The lowest BCUT2D eigenvalue weighted by atomic mass is 10.1. The molecule has 126 valence electrons. The molecule has 1 aliphatic carbocycles. The fourth-order valence-corrected chi connectivity index (χ4v) is 4.08. The summed E-state index contributed by atoms with van der Waals surface area (Å²) >= 11 is 0. The predicted octanol–water partition coefficient (Wildman–Crippen LogP) is 1.50. The first-order valence-electron chi connectivity index (χ1n) is 7.94. The highest BCUT2D eigenvalue weighted by atomic mass is 32.2. The maximum atomic E-state index is 12.3. The number of carbonyl (C=O) groups excluding carboxylic acids is 1. The minimum atomic E-state index is -3.26. The van der Waals surface area contributed by atoms with Crippen LogP contribution in [0.3, 0.4) is 0 Å². The average Bonchev–Trinajstić information content (AvgIpc) is 3.40. The summed E-state index contributed by atoms with van der Waals surface area (Å²) in [4.78, 5) is 18.1. The van der Waals surface area contributed by atoms with E-state index in [0.29, 0.717) is 37.7 Å². The molecule has 1 aliphatic heterocycles. The van der Waals surface area contributed by atoms with Crippen LogP contribution in [0.25, 0.3) is 0 Å². The third kappa shape index (κ3) is 3.81. The van der Waals surface area contributed by atoms with Gasteiger partial charge in [-0.3, -0.25) is 5.32 Å². The van der Waals surface area contributed by atoms with Crippen LogP contribution < -0.4 is 10.0 Å². The molecule has 0 radical (unpaired) electrons. The zero-order chi connectivity index (χ0) is 16.4. The van der Waals surface area contributed by atoms with Crippen molar-refractivity contribution in [2.24, 2.45) is 0 Å². The highest BCUT2D eigenvalue weighted by molar-refractivity contribution is 7.90. The van der Waals surface area contributed by atoms with Crippen LogP contribution in [0.1, 0.15) is 37.2 Å². The Kier molecular flexibility index (Phi) is 4.54. The summed E-state index contributed by atoms with van der Waals surface area (Å²) in [5.74, 6) is 1.17. The van der Waals surface area contributed by atoms with Crippen LogP contribution in [0.2, 0.25) is 0 Å². The molecule has 0 spiro atoms. The fourth-order valence-electron chi connectivity index (χ4n) is 2.91. The summed E-state index contributed by atoms with van der Waals surface area (Å²) < 4.78 is 25.9. The number of nitrogens with one attached hydrogen (secondary N) is 2. The molecule has 2 N–H and O–H groups in total. The van der Waals surface area contributed by atoms with E-state index in [1.165, 1.54) is 25.5 Å². The zero-order valence-electron chi connectivity index (χ0n) is 13.2. The van der Waals surface area contributed by atoms with Crippen molar-refractivity contribution in [2.45, 2.75) is 36.9 Å². The molecule has 23 heavy (non-hydrogen) atoms. The number of sulfonamides is 1. The van der Waals surface area contributed by atoms with Crippen molar-refractivity contribution in [3.05, 3.63) is 23.9 Å². The number of hydrogen-bond acceptors (Lipinski definition) is 4. The summed E-state index contributed by atoms with van der Waals surface area (Å²) in [6.07, 6.45) is 5.02. The van der Waals surface area contributed by atoms with Gasteiger partial charge in [0.2, 0.25) is 10.0 Å². The van der Waals surface area contributed by atoms with E-state index in [-0.39, 0.29) is 6.03 Å². The number of urea groups is 1. The summed E-state index contributed by atoms with van der Waals surface area (Å²) in [5, 5.41) is 2.39. The van der Waals surface area contributed by atoms with Gasteiger partial charge in [0.25, 0.3) is 0 Å². The number of rotatable bonds is 4. The Morgan fingerprint density at radius 3 is 2.57 bits per heavy atom. The van der Waals surface area contributed by atoms with Gasteiger partial charge in [0.15, 0.2) is 0 Å². The lowest BCUT2D eigenvalue weighted by Gasteiger charge is -2.31. The molecule has 8 heteroatoms. The van der Waals surface area contributed by atoms with Gasteiger partial charge in [-0.1, -0.05) is 0 Å². The van der Waals surface area contributed by atoms with Crippen LogP contribution in [-0.4, -0.2) is 49.7 Å². The van der Waals surface area contributed by atoms with Crippen LogP contribution in [-0.2, 0) is 10.0 Å². The van der Waals surface area contributed by atoms with E-state index in [4.69, 9.17) is 0 Å². The van der Waals surface area contributed by atoms with Gasteiger partial charge in [-0.05, 0) is 56.3 Å². The van der Waals surface area contributed by atoms with E-state index in [1.54, 1.807) is 11.1 Å². The molecule has 0 aromatic carbocycles. The molecule has 2 heterocycles. The Balaban J connectivity index is 1.56. The molecule has 1 aromatic rings. The fraction of sp³-hybridized carbons (Fsp3) is 0.600. The molecule has 1 saturated carbocycles. The van der Waals surface area contributed by atoms with Crippen LogP contribution in [0.15, 0.2) is 18.3 Å². The number of hydrogen-bond donors (Lipinski definition) is 2. The second-order valence-electron chi connectivity index (χ2n) is 6.11. The molecule has 1 aromatic heterocycles. The molecule has 1 saturated heterocycles. The zero-order valence-corrected chi connectivity index (χ0v) is 14.0. The minimum Gasteiger partial charge on any atom is -0.324 e. The Morgan fingerprint density at radius 2 is 1.96 bits per heavy atom. The monoisotopic (exact) mass is 338 g/mol. The lowest BCUT2D eigenvalue weighted by molar-refractivity contribution is 0.200. The van der Waals surface area contributed by atoms with Gasteiger partial charge in [0, 0.05) is 19.3 Å². The Bertz CT molecular complexity index is 680. The summed E-state index contributed by atoms with van der Waals surface area (Å²) in [5.41, 5.74) is 1.22. The van der Waals surface area contributed by atoms with Crippen LogP contribution >= 0.6 is 0 Å². The molecule has 7 nitrogen and oxygen atoms in total. The molecule has 0 unspecified atom stereocenters. The molecule has 0 atom stereocenters. The van der Waals surface area contributed by atoms with E-state index in [2.05, 4.69) is 15.0 Å². The van der Waals surface area contributed by atoms with Gasteiger partial charge in [0.05, 0.1) is 5.25 Å². The van der Waals surface area contributed by atoms with Crippen molar-refractivity contribution >= 4 is 21.9 Å². The van der Waals surface area contributed by atoms with Crippen molar-refractivity contribution in [1.29, 1.82) is 0 Å².